The molecule has 0 heterocycles. The molecule has 1 aromatic carbocycles. The molecule has 0 amide bonds. The third kappa shape index (κ3) is 4.65. The van der Waals surface area contributed by atoms with E-state index in [1.165, 1.54) is 28.7 Å². The van der Waals surface area contributed by atoms with Gasteiger partial charge in [0.2, 0.25) is 0 Å². The molecule has 19 heavy (non-hydrogen) atoms. The molecule has 0 spiro atoms. The van der Waals surface area contributed by atoms with Crippen molar-refractivity contribution in [2.24, 2.45) is 5.92 Å². The molecule has 0 atom stereocenters. The van der Waals surface area contributed by atoms with Crippen molar-refractivity contribution in [3.05, 3.63) is 34.4 Å². The summed E-state index contributed by atoms with van der Waals surface area (Å²) in [7, 11) is 0. The first-order valence-corrected chi connectivity index (χ1v) is 7.53. The topological polar surface area (TPSA) is 12.0 Å². The van der Waals surface area contributed by atoms with Gasteiger partial charge in [-0.3, -0.25) is 0 Å². The molecular weight excluding hydrogens is 230 g/mol. The van der Waals surface area contributed by atoms with Crippen LogP contribution < -0.4 is 5.32 Å². The second-order valence-corrected chi connectivity index (χ2v) is 6.98. The largest absolute Gasteiger partial charge is 0.316 e. The molecule has 0 aliphatic rings. The van der Waals surface area contributed by atoms with Crippen LogP contribution in [0, 0.1) is 26.7 Å². The van der Waals surface area contributed by atoms with E-state index in [-0.39, 0.29) is 5.41 Å². The van der Waals surface area contributed by atoms with Gasteiger partial charge in [0.1, 0.15) is 0 Å². The van der Waals surface area contributed by atoms with Crippen molar-refractivity contribution in [3.63, 3.8) is 0 Å². The molecule has 1 nitrogen and oxygen atoms in total. The van der Waals surface area contributed by atoms with Crippen LogP contribution in [0.3, 0.4) is 0 Å². The first kappa shape index (κ1) is 16.2. The number of hydrogen-bond donors (Lipinski definition) is 1. The maximum absolute atomic E-state index is 3.56. The average Bonchev–Trinajstić information content (AvgIpc) is 2.29. The number of hydrogen-bond acceptors (Lipinski definition) is 1. The van der Waals surface area contributed by atoms with Gasteiger partial charge in [0.15, 0.2) is 0 Å². The van der Waals surface area contributed by atoms with E-state index >= 15 is 0 Å². The van der Waals surface area contributed by atoms with E-state index in [2.05, 4.69) is 65.9 Å². The van der Waals surface area contributed by atoms with E-state index in [4.69, 9.17) is 0 Å². The van der Waals surface area contributed by atoms with Crippen molar-refractivity contribution in [1.82, 2.24) is 5.32 Å². The maximum Gasteiger partial charge on any atom is -0.00258 e. The van der Waals surface area contributed by atoms with Gasteiger partial charge < -0.3 is 5.32 Å². The fourth-order valence-electron chi connectivity index (χ4n) is 2.62. The molecule has 1 N–H and O–H groups in total. The Morgan fingerprint density at radius 1 is 1.00 bits per heavy atom. The highest BCUT2D eigenvalue weighted by Gasteiger charge is 2.22. The van der Waals surface area contributed by atoms with Crippen molar-refractivity contribution in [1.29, 1.82) is 0 Å². The summed E-state index contributed by atoms with van der Waals surface area (Å²) in [5, 5.41) is 3.56. The average molecular weight is 261 g/mol. The molecule has 0 bridgehead atoms. The zero-order valence-corrected chi connectivity index (χ0v) is 13.9. The summed E-state index contributed by atoms with van der Waals surface area (Å²) in [6, 6.07) is 4.71. The van der Waals surface area contributed by atoms with Gasteiger partial charge in [-0.1, -0.05) is 39.8 Å². The van der Waals surface area contributed by atoms with Crippen LogP contribution in [-0.2, 0) is 5.41 Å². The minimum atomic E-state index is 0.243. The highest BCUT2D eigenvalue weighted by Crippen LogP contribution is 2.31. The number of nitrogens with one attached hydrogen (secondary N) is 1. The quantitative estimate of drug-likeness (QED) is 0.742. The number of aryl methyl sites for hydroxylation is 3. The summed E-state index contributed by atoms with van der Waals surface area (Å²) < 4.78 is 0. The summed E-state index contributed by atoms with van der Waals surface area (Å²) in [5.74, 6) is 0.728. The monoisotopic (exact) mass is 261 g/mol. The van der Waals surface area contributed by atoms with Crippen molar-refractivity contribution in [2.75, 3.05) is 13.1 Å². The van der Waals surface area contributed by atoms with Crippen molar-refractivity contribution >= 4 is 0 Å². The lowest BCUT2D eigenvalue weighted by atomic mass is 9.78. The van der Waals surface area contributed by atoms with Gasteiger partial charge in [0, 0.05) is 0 Å². The van der Waals surface area contributed by atoms with E-state index in [1.807, 2.05) is 0 Å². The summed E-state index contributed by atoms with van der Waals surface area (Å²) in [5.41, 5.74) is 5.98. The van der Waals surface area contributed by atoms with Gasteiger partial charge in [-0.2, -0.15) is 0 Å². The molecule has 0 unspecified atom stereocenters. The Balaban J connectivity index is 2.74. The Bertz CT molecular complexity index is 416. The number of benzene rings is 1. The van der Waals surface area contributed by atoms with Gasteiger partial charge in [0.05, 0.1) is 0 Å². The summed E-state index contributed by atoms with van der Waals surface area (Å²) >= 11 is 0. The van der Waals surface area contributed by atoms with Crippen LogP contribution >= 0.6 is 0 Å². The Labute approximate surface area is 119 Å². The van der Waals surface area contributed by atoms with Gasteiger partial charge in [0.25, 0.3) is 0 Å². The molecule has 0 radical (unpaired) electrons. The SMILES string of the molecule is Cc1cc(C)c(C(C)(C)CCNCC(C)C)cc1C. The van der Waals surface area contributed by atoms with Crippen molar-refractivity contribution < 1.29 is 0 Å². The zero-order valence-electron chi connectivity index (χ0n) is 13.9. The highest BCUT2D eigenvalue weighted by molar-refractivity contribution is 5.40. The van der Waals surface area contributed by atoms with Crippen LogP contribution in [0.15, 0.2) is 12.1 Å². The van der Waals surface area contributed by atoms with E-state index < -0.39 is 0 Å². The minimum Gasteiger partial charge on any atom is -0.316 e. The fraction of sp³-hybridized carbons (Fsp3) is 0.667. The smallest absolute Gasteiger partial charge is 0.00258 e. The first-order valence-electron chi connectivity index (χ1n) is 7.53. The van der Waals surface area contributed by atoms with Gasteiger partial charge in [-0.25, -0.2) is 0 Å². The molecule has 0 aliphatic heterocycles. The van der Waals surface area contributed by atoms with Crippen molar-refractivity contribution in [2.45, 2.75) is 60.3 Å². The van der Waals surface area contributed by atoms with Crippen molar-refractivity contribution in [3.8, 4) is 0 Å². The van der Waals surface area contributed by atoms with E-state index in [0.29, 0.717) is 0 Å². The van der Waals surface area contributed by atoms with E-state index in [0.717, 1.165) is 19.0 Å². The maximum atomic E-state index is 3.56. The molecule has 0 saturated heterocycles. The Morgan fingerprint density at radius 3 is 2.16 bits per heavy atom. The molecule has 0 saturated carbocycles. The van der Waals surface area contributed by atoms with Gasteiger partial charge in [-0.15, -0.1) is 0 Å². The fourth-order valence-corrected chi connectivity index (χ4v) is 2.62. The molecule has 1 heteroatoms. The standard InChI is InChI=1S/C18H31N/c1-13(2)12-19-9-8-18(6,7)17-11-15(4)14(3)10-16(17)5/h10-11,13,19H,8-9,12H2,1-7H3. The second-order valence-electron chi connectivity index (χ2n) is 6.98. The molecule has 1 aromatic rings. The van der Waals surface area contributed by atoms with Gasteiger partial charge >= 0.3 is 0 Å². The lowest BCUT2D eigenvalue weighted by Gasteiger charge is -2.28. The minimum absolute atomic E-state index is 0.243. The normalized spacial score (nSPS) is 12.2. The summed E-state index contributed by atoms with van der Waals surface area (Å²) in [4.78, 5) is 0. The molecule has 108 valence electrons. The van der Waals surface area contributed by atoms with E-state index in [9.17, 15) is 0 Å². The Kier molecular flexibility index (Phi) is 5.61. The molecular formula is C18H31N. The van der Waals surface area contributed by atoms with Crippen LogP contribution in [0.25, 0.3) is 0 Å². The zero-order chi connectivity index (χ0) is 14.6. The number of rotatable bonds is 6. The third-order valence-electron chi connectivity index (χ3n) is 4.05. The van der Waals surface area contributed by atoms with Crippen LogP contribution in [0.4, 0.5) is 0 Å². The summed E-state index contributed by atoms with van der Waals surface area (Å²) in [6.07, 6.45) is 1.18. The van der Waals surface area contributed by atoms with Crippen LogP contribution in [0.2, 0.25) is 0 Å². The lowest BCUT2D eigenvalue weighted by Crippen LogP contribution is -2.28. The van der Waals surface area contributed by atoms with Gasteiger partial charge in [-0.05, 0) is 73.9 Å². The Morgan fingerprint density at radius 2 is 1.58 bits per heavy atom. The first-order chi connectivity index (χ1) is 8.74. The summed E-state index contributed by atoms with van der Waals surface area (Å²) in [6.45, 7) is 18.1. The molecule has 1 rings (SSSR count). The van der Waals surface area contributed by atoms with Crippen LogP contribution in [0.1, 0.15) is 56.4 Å². The van der Waals surface area contributed by atoms with E-state index in [1.54, 1.807) is 0 Å². The molecule has 0 aromatic heterocycles. The lowest BCUT2D eigenvalue weighted by molar-refractivity contribution is 0.440. The van der Waals surface area contributed by atoms with Crippen LogP contribution in [0.5, 0.6) is 0 Å². The predicted octanol–water partition coefficient (Wildman–Crippen LogP) is 4.53. The predicted molar refractivity (Wildman–Crippen MR) is 86.0 cm³/mol. The second kappa shape index (κ2) is 6.56. The van der Waals surface area contributed by atoms with Crippen LogP contribution in [-0.4, -0.2) is 13.1 Å². The molecule has 0 fully saturated rings. The Hall–Kier alpha value is -0.820. The third-order valence-corrected chi connectivity index (χ3v) is 4.05. The molecule has 0 aliphatic carbocycles. The highest BCUT2D eigenvalue weighted by atomic mass is 14.9.